The number of hydrogen-bond acceptors (Lipinski definition) is 5. The maximum atomic E-state index is 8.88. The topological polar surface area (TPSA) is 52.8 Å². The SMILES string of the molecule is CN(CCc1nccs1)c1ccc(Cl)c(C#N)n1. The van der Waals surface area contributed by atoms with Gasteiger partial charge in [-0.2, -0.15) is 5.26 Å². The van der Waals surface area contributed by atoms with E-state index in [1.807, 2.05) is 29.5 Å². The molecule has 0 aliphatic carbocycles. The summed E-state index contributed by atoms with van der Waals surface area (Å²) in [5.41, 5.74) is 0.260. The number of likely N-dealkylation sites (N-methyl/N-ethyl adjacent to an activating group) is 1. The highest BCUT2D eigenvalue weighted by atomic mass is 35.5. The van der Waals surface area contributed by atoms with Gasteiger partial charge < -0.3 is 4.90 Å². The number of nitriles is 1. The predicted octanol–water partition coefficient (Wildman–Crippen LogP) is 2.74. The first-order valence-electron chi connectivity index (χ1n) is 5.37. The summed E-state index contributed by atoms with van der Waals surface area (Å²) in [6, 6.07) is 5.49. The van der Waals surface area contributed by atoms with Crippen LogP contribution in [0.15, 0.2) is 23.7 Å². The molecular weight excluding hydrogens is 268 g/mol. The molecule has 0 aromatic carbocycles. The van der Waals surface area contributed by atoms with E-state index in [1.165, 1.54) is 0 Å². The zero-order chi connectivity index (χ0) is 13.0. The van der Waals surface area contributed by atoms with E-state index in [2.05, 4.69) is 9.97 Å². The van der Waals surface area contributed by atoms with Crippen molar-refractivity contribution in [3.8, 4) is 6.07 Å². The average Bonchev–Trinajstić information content (AvgIpc) is 2.89. The minimum atomic E-state index is 0.260. The third-order valence-electron chi connectivity index (χ3n) is 2.47. The van der Waals surface area contributed by atoms with Gasteiger partial charge in [-0.05, 0) is 12.1 Å². The van der Waals surface area contributed by atoms with Gasteiger partial charge in [-0.15, -0.1) is 11.3 Å². The second kappa shape index (κ2) is 5.80. The first-order chi connectivity index (χ1) is 8.70. The number of rotatable bonds is 4. The Kier molecular flexibility index (Phi) is 4.13. The predicted molar refractivity (Wildman–Crippen MR) is 73.1 cm³/mol. The van der Waals surface area contributed by atoms with Gasteiger partial charge in [0.05, 0.1) is 10.0 Å². The smallest absolute Gasteiger partial charge is 0.161 e. The Hall–Kier alpha value is -1.64. The summed E-state index contributed by atoms with van der Waals surface area (Å²) in [6.45, 7) is 0.799. The molecule has 92 valence electrons. The van der Waals surface area contributed by atoms with E-state index >= 15 is 0 Å². The number of pyridine rings is 1. The highest BCUT2D eigenvalue weighted by Crippen LogP contribution is 2.18. The normalized spacial score (nSPS) is 10.1. The van der Waals surface area contributed by atoms with Crippen molar-refractivity contribution in [3.05, 3.63) is 39.4 Å². The van der Waals surface area contributed by atoms with Crippen molar-refractivity contribution in [2.24, 2.45) is 0 Å². The van der Waals surface area contributed by atoms with E-state index in [1.54, 1.807) is 23.6 Å². The molecule has 0 bridgehead atoms. The van der Waals surface area contributed by atoms with Crippen LogP contribution in [0.5, 0.6) is 0 Å². The summed E-state index contributed by atoms with van der Waals surface area (Å²) in [5, 5.41) is 12.3. The zero-order valence-corrected chi connectivity index (χ0v) is 11.4. The van der Waals surface area contributed by atoms with Crippen LogP contribution in [0.25, 0.3) is 0 Å². The molecule has 0 fully saturated rings. The summed E-state index contributed by atoms with van der Waals surface area (Å²) in [4.78, 5) is 10.4. The molecule has 2 aromatic rings. The van der Waals surface area contributed by atoms with Crippen molar-refractivity contribution in [3.63, 3.8) is 0 Å². The molecule has 0 unspecified atom stereocenters. The second-order valence-corrected chi connectivity index (χ2v) is 5.10. The van der Waals surface area contributed by atoms with Gasteiger partial charge >= 0.3 is 0 Å². The van der Waals surface area contributed by atoms with E-state index in [-0.39, 0.29) is 5.69 Å². The number of thiazole rings is 1. The lowest BCUT2D eigenvalue weighted by Crippen LogP contribution is -2.21. The average molecular weight is 279 g/mol. The lowest BCUT2D eigenvalue weighted by Gasteiger charge is -2.17. The molecule has 0 spiro atoms. The zero-order valence-electron chi connectivity index (χ0n) is 9.80. The molecule has 0 radical (unpaired) electrons. The molecule has 0 saturated carbocycles. The van der Waals surface area contributed by atoms with Crippen molar-refractivity contribution in [2.45, 2.75) is 6.42 Å². The molecular formula is C12H11ClN4S. The Morgan fingerprint density at radius 2 is 2.33 bits per heavy atom. The van der Waals surface area contributed by atoms with Crippen LogP contribution < -0.4 is 4.90 Å². The number of aromatic nitrogens is 2. The van der Waals surface area contributed by atoms with E-state index in [0.717, 1.165) is 23.8 Å². The van der Waals surface area contributed by atoms with Gasteiger partial charge in [0.15, 0.2) is 5.69 Å². The van der Waals surface area contributed by atoms with Gasteiger partial charge in [0.1, 0.15) is 11.9 Å². The molecule has 2 aromatic heterocycles. The van der Waals surface area contributed by atoms with Crippen molar-refractivity contribution < 1.29 is 0 Å². The molecule has 0 aliphatic rings. The Morgan fingerprint density at radius 3 is 3.00 bits per heavy atom. The largest absolute Gasteiger partial charge is 0.359 e. The Morgan fingerprint density at radius 1 is 1.50 bits per heavy atom. The summed E-state index contributed by atoms with van der Waals surface area (Å²) in [6.07, 6.45) is 2.66. The van der Waals surface area contributed by atoms with Crippen LogP contribution in [0, 0.1) is 11.3 Å². The van der Waals surface area contributed by atoms with Crippen molar-refractivity contribution in [1.29, 1.82) is 5.26 Å². The highest BCUT2D eigenvalue weighted by molar-refractivity contribution is 7.09. The van der Waals surface area contributed by atoms with E-state index in [9.17, 15) is 0 Å². The van der Waals surface area contributed by atoms with E-state index in [4.69, 9.17) is 16.9 Å². The third-order valence-corrected chi connectivity index (χ3v) is 3.62. The summed E-state index contributed by atoms with van der Waals surface area (Å²) in [7, 11) is 1.94. The molecule has 4 nitrogen and oxygen atoms in total. The summed E-state index contributed by atoms with van der Waals surface area (Å²) >= 11 is 7.49. The summed E-state index contributed by atoms with van der Waals surface area (Å²) < 4.78 is 0. The fourth-order valence-corrected chi connectivity index (χ4v) is 2.23. The van der Waals surface area contributed by atoms with Gasteiger partial charge in [0, 0.05) is 31.6 Å². The molecule has 0 N–H and O–H groups in total. The molecule has 0 aliphatic heterocycles. The van der Waals surface area contributed by atoms with Crippen LogP contribution >= 0.6 is 22.9 Å². The minimum Gasteiger partial charge on any atom is -0.359 e. The van der Waals surface area contributed by atoms with Crippen LogP contribution in [-0.4, -0.2) is 23.6 Å². The molecule has 0 amide bonds. The Labute approximate surface area is 114 Å². The number of hydrogen-bond donors (Lipinski definition) is 0. The van der Waals surface area contributed by atoms with Crippen LogP contribution in [0.1, 0.15) is 10.7 Å². The van der Waals surface area contributed by atoms with Gasteiger partial charge in [-0.3, -0.25) is 0 Å². The first-order valence-corrected chi connectivity index (χ1v) is 6.62. The molecule has 0 atom stereocenters. The van der Waals surface area contributed by atoms with Crippen LogP contribution in [-0.2, 0) is 6.42 Å². The maximum Gasteiger partial charge on any atom is 0.161 e. The minimum absolute atomic E-state index is 0.260. The fraction of sp³-hybridized carbons (Fsp3) is 0.250. The van der Waals surface area contributed by atoms with E-state index in [0.29, 0.717) is 5.02 Å². The Balaban J connectivity index is 2.05. The lowest BCUT2D eigenvalue weighted by atomic mass is 10.3. The molecule has 2 heterocycles. The van der Waals surface area contributed by atoms with Crippen molar-refractivity contribution in [1.82, 2.24) is 9.97 Å². The summed E-state index contributed by atoms with van der Waals surface area (Å²) in [5.74, 6) is 0.743. The van der Waals surface area contributed by atoms with Crippen molar-refractivity contribution >= 4 is 28.8 Å². The number of anilines is 1. The van der Waals surface area contributed by atoms with Crippen LogP contribution in [0.4, 0.5) is 5.82 Å². The maximum absolute atomic E-state index is 8.88. The van der Waals surface area contributed by atoms with E-state index < -0.39 is 0 Å². The highest BCUT2D eigenvalue weighted by Gasteiger charge is 2.07. The van der Waals surface area contributed by atoms with Crippen molar-refractivity contribution in [2.75, 3.05) is 18.5 Å². The van der Waals surface area contributed by atoms with Crippen LogP contribution in [0.3, 0.4) is 0 Å². The monoisotopic (exact) mass is 278 g/mol. The third kappa shape index (κ3) is 2.97. The quantitative estimate of drug-likeness (QED) is 0.863. The lowest BCUT2D eigenvalue weighted by molar-refractivity contribution is 0.852. The van der Waals surface area contributed by atoms with Crippen LogP contribution in [0.2, 0.25) is 5.02 Å². The first kappa shape index (κ1) is 12.8. The number of nitrogens with zero attached hydrogens (tertiary/aromatic N) is 4. The molecule has 18 heavy (non-hydrogen) atoms. The number of halogens is 1. The molecule has 6 heteroatoms. The Bertz CT molecular complexity index is 562. The molecule has 2 rings (SSSR count). The van der Waals surface area contributed by atoms with Gasteiger partial charge in [0.25, 0.3) is 0 Å². The van der Waals surface area contributed by atoms with Gasteiger partial charge in [-0.25, -0.2) is 9.97 Å². The molecule has 0 saturated heterocycles. The standard InChI is InChI=1S/C12H11ClN4S/c1-17(6-4-12-15-5-7-18-12)11-3-2-9(13)10(8-14)16-11/h2-3,5,7H,4,6H2,1H3. The second-order valence-electron chi connectivity index (χ2n) is 3.71. The van der Waals surface area contributed by atoms with Gasteiger partial charge in [-0.1, -0.05) is 11.6 Å². The fourth-order valence-electron chi connectivity index (χ4n) is 1.48. The van der Waals surface area contributed by atoms with Gasteiger partial charge in [0.2, 0.25) is 0 Å².